The number of piperidine rings is 1. The molecule has 3 aromatic rings. The summed E-state index contributed by atoms with van der Waals surface area (Å²) in [6.07, 6.45) is 1.91. The van der Waals surface area contributed by atoms with Crippen LogP contribution in [0.1, 0.15) is 51.8 Å². The average Bonchev–Trinajstić information content (AvgIpc) is 3.05. The van der Waals surface area contributed by atoms with E-state index in [9.17, 15) is 9.18 Å². The van der Waals surface area contributed by atoms with Gasteiger partial charge in [0.1, 0.15) is 5.82 Å². The van der Waals surface area contributed by atoms with Crippen LogP contribution < -0.4 is 0 Å². The maximum Gasteiger partial charge on any atom is 0.254 e. The van der Waals surface area contributed by atoms with Gasteiger partial charge in [0.25, 0.3) is 5.91 Å². The van der Waals surface area contributed by atoms with Crippen LogP contribution in [-0.2, 0) is 0 Å². The van der Waals surface area contributed by atoms with Gasteiger partial charge in [0.05, 0.1) is 17.7 Å². The minimum absolute atomic E-state index is 0.0120. The third kappa shape index (κ3) is 3.00. The van der Waals surface area contributed by atoms with E-state index in [0.29, 0.717) is 17.0 Å². The smallest absolute Gasteiger partial charge is 0.254 e. The Bertz CT molecular complexity index is 1130. The summed E-state index contributed by atoms with van der Waals surface area (Å²) in [7, 11) is 0. The highest BCUT2D eigenvalue weighted by molar-refractivity contribution is 5.95. The van der Waals surface area contributed by atoms with E-state index >= 15 is 0 Å². The van der Waals surface area contributed by atoms with E-state index < -0.39 is 0 Å². The normalized spacial score (nSPS) is 19.5. The van der Waals surface area contributed by atoms with Gasteiger partial charge in [-0.2, -0.15) is 5.26 Å². The molecule has 1 amide bonds. The fraction of sp³-hybridized carbons (Fsp3) is 0.200. The summed E-state index contributed by atoms with van der Waals surface area (Å²) in [6, 6.07) is 22.0. The van der Waals surface area contributed by atoms with Crippen LogP contribution in [0, 0.1) is 17.1 Å². The summed E-state index contributed by atoms with van der Waals surface area (Å²) in [6.45, 7) is 0.731. The molecule has 1 aliphatic heterocycles. The van der Waals surface area contributed by atoms with Crippen molar-refractivity contribution in [3.05, 3.63) is 94.8 Å². The van der Waals surface area contributed by atoms with Crippen molar-refractivity contribution >= 4 is 5.91 Å². The number of hydrogen-bond donors (Lipinski definition) is 0. The third-order valence-electron chi connectivity index (χ3n) is 6.19. The van der Waals surface area contributed by atoms with Crippen LogP contribution in [0.2, 0.25) is 0 Å². The maximum absolute atomic E-state index is 13.3. The van der Waals surface area contributed by atoms with E-state index in [0.717, 1.165) is 30.5 Å². The summed E-state index contributed by atoms with van der Waals surface area (Å²) in [5.74, 6) is 0.255. The van der Waals surface area contributed by atoms with Crippen molar-refractivity contribution in [2.75, 3.05) is 6.54 Å². The zero-order valence-corrected chi connectivity index (χ0v) is 15.8. The lowest BCUT2D eigenvalue weighted by atomic mass is 9.94. The number of nitriles is 1. The van der Waals surface area contributed by atoms with Gasteiger partial charge in [0.15, 0.2) is 0 Å². The molecule has 1 unspecified atom stereocenters. The standard InChI is InChI=1S/C25H19FN2O/c26-21-8-5-17(6-9-21)19-7-10-22-20-11-12-28(24(14-20)23(22)13-19)25(29)18-3-1-16(15-27)2-4-18/h1-10,13,20,24H,11-12,14H2/t20?,24-/m1/s1. The van der Waals surface area contributed by atoms with E-state index in [2.05, 4.69) is 24.3 Å². The van der Waals surface area contributed by atoms with Crippen LogP contribution in [0.4, 0.5) is 4.39 Å². The summed E-state index contributed by atoms with van der Waals surface area (Å²) in [5.41, 5.74) is 5.72. The van der Waals surface area contributed by atoms with Gasteiger partial charge < -0.3 is 4.90 Å². The minimum Gasteiger partial charge on any atom is -0.332 e. The van der Waals surface area contributed by atoms with Gasteiger partial charge in [-0.05, 0) is 83.5 Å². The third-order valence-corrected chi connectivity index (χ3v) is 6.19. The Morgan fingerprint density at radius 1 is 0.966 bits per heavy atom. The highest BCUT2D eigenvalue weighted by Crippen LogP contribution is 2.50. The number of fused-ring (bicyclic) bond motifs is 5. The molecule has 5 rings (SSSR count). The molecule has 3 aromatic carbocycles. The molecule has 142 valence electrons. The van der Waals surface area contributed by atoms with Crippen LogP contribution in [0.25, 0.3) is 11.1 Å². The molecule has 2 bridgehead atoms. The first-order valence-electron chi connectivity index (χ1n) is 9.85. The lowest BCUT2D eigenvalue weighted by Gasteiger charge is -2.34. The van der Waals surface area contributed by atoms with Crippen LogP contribution in [0.5, 0.6) is 0 Å². The van der Waals surface area contributed by atoms with E-state index in [4.69, 9.17) is 5.26 Å². The highest BCUT2D eigenvalue weighted by atomic mass is 19.1. The quantitative estimate of drug-likeness (QED) is 0.592. The van der Waals surface area contributed by atoms with Gasteiger partial charge in [0, 0.05) is 12.1 Å². The van der Waals surface area contributed by atoms with Crippen molar-refractivity contribution in [3.63, 3.8) is 0 Å². The SMILES string of the molecule is N#Cc1ccc(C(=O)N2CCC3C[C@@H]2c2cc(-c4ccc(F)cc4)ccc23)cc1. The highest BCUT2D eigenvalue weighted by Gasteiger charge is 2.41. The Balaban J connectivity index is 1.49. The summed E-state index contributed by atoms with van der Waals surface area (Å²) >= 11 is 0. The van der Waals surface area contributed by atoms with Crippen LogP contribution >= 0.6 is 0 Å². The molecule has 29 heavy (non-hydrogen) atoms. The number of benzene rings is 3. The number of amides is 1. The molecule has 3 nitrogen and oxygen atoms in total. The minimum atomic E-state index is -0.245. The van der Waals surface area contributed by atoms with Gasteiger partial charge >= 0.3 is 0 Å². The second kappa shape index (κ2) is 6.86. The van der Waals surface area contributed by atoms with E-state index in [-0.39, 0.29) is 17.8 Å². The van der Waals surface area contributed by atoms with Crippen molar-refractivity contribution in [1.82, 2.24) is 4.90 Å². The molecular formula is C25H19FN2O. The van der Waals surface area contributed by atoms with Gasteiger partial charge in [0.2, 0.25) is 0 Å². The number of rotatable bonds is 2. The zero-order chi connectivity index (χ0) is 20.0. The molecule has 0 saturated carbocycles. The second-order valence-electron chi connectivity index (χ2n) is 7.78. The molecule has 0 aromatic heterocycles. The zero-order valence-electron chi connectivity index (χ0n) is 15.8. The molecule has 1 saturated heterocycles. The molecule has 1 fully saturated rings. The Labute approximate surface area is 169 Å². The predicted molar refractivity (Wildman–Crippen MR) is 109 cm³/mol. The lowest BCUT2D eigenvalue weighted by molar-refractivity contribution is 0.0620. The summed E-state index contributed by atoms with van der Waals surface area (Å²) < 4.78 is 13.3. The first kappa shape index (κ1) is 17.6. The van der Waals surface area contributed by atoms with Crippen molar-refractivity contribution in [2.45, 2.75) is 24.8 Å². The van der Waals surface area contributed by atoms with Gasteiger partial charge in [-0.3, -0.25) is 4.79 Å². The number of likely N-dealkylation sites (tertiary alicyclic amines) is 1. The van der Waals surface area contributed by atoms with Crippen LogP contribution in [-0.4, -0.2) is 17.4 Å². The fourth-order valence-electron chi connectivity index (χ4n) is 4.70. The fourth-order valence-corrected chi connectivity index (χ4v) is 4.70. The van der Waals surface area contributed by atoms with Crippen LogP contribution in [0.3, 0.4) is 0 Å². The largest absolute Gasteiger partial charge is 0.332 e. The maximum atomic E-state index is 13.3. The predicted octanol–water partition coefficient (Wildman–Crippen LogP) is 5.44. The molecule has 4 heteroatoms. The van der Waals surface area contributed by atoms with E-state index in [1.165, 1.54) is 23.3 Å². The van der Waals surface area contributed by atoms with Gasteiger partial charge in [-0.15, -0.1) is 0 Å². The monoisotopic (exact) mass is 382 g/mol. The number of hydrogen-bond acceptors (Lipinski definition) is 2. The van der Waals surface area contributed by atoms with Gasteiger partial charge in [-0.25, -0.2) is 4.39 Å². The molecule has 1 heterocycles. The first-order chi connectivity index (χ1) is 14.1. The number of nitrogens with zero attached hydrogens (tertiary/aromatic N) is 2. The summed E-state index contributed by atoms with van der Waals surface area (Å²) in [4.78, 5) is 15.2. The molecular weight excluding hydrogens is 363 g/mol. The second-order valence-corrected chi connectivity index (χ2v) is 7.78. The Kier molecular flexibility index (Phi) is 4.17. The van der Waals surface area contributed by atoms with Gasteiger partial charge in [-0.1, -0.05) is 24.3 Å². The molecule has 0 N–H and O–H groups in total. The van der Waals surface area contributed by atoms with Crippen molar-refractivity contribution in [2.24, 2.45) is 0 Å². The molecule has 2 atom stereocenters. The number of carbonyl (C=O) groups is 1. The first-order valence-corrected chi connectivity index (χ1v) is 9.85. The van der Waals surface area contributed by atoms with E-state index in [1.807, 2.05) is 4.90 Å². The van der Waals surface area contributed by atoms with Crippen LogP contribution in [0.15, 0.2) is 66.7 Å². The Morgan fingerprint density at radius 2 is 1.69 bits per heavy atom. The van der Waals surface area contributed by atoms with E-state index in [1.54, 1.807) is 36.4 Å². The summed E-state index contributed by atoms with van der Waals surface area (Å²) in [5, 5.41) is 8.98. The topological polar surface area (TPSA) is 44.1 Å². The molecule has 2 aliphatic rings. The van der Waals surface area contributed by atoms with Crippen molar-refractivity contribution < 1.29 is 9.18 Å². The number of halogens is 1. The molecule has 0 radical (unpaired) electrons. The Hall–Kier alpha value is -3.45. The van der Waals surface area contributed by atoms with Crippen molar-refractivity contribution in [3.8, 4) is 17.2 Å². The molecule has 0 spiro atoms. The lowest BCUT2D eigenvalue weighted by Crippen LogP contribution is -2.37. The number of carbonyl (C=O) groups excluding carboxylic acids is 1. The molecule has 1 aliphatic carbocycles. The average molecular weight is 382 g/mol. The van der Waals surface area contributed by atoms with Crippen molar-refractivity contribution in [1.29, 1.82) is 5.26 Å². The Morgan fingerprint density at radius 3 is 2.41 bits per heavy atom.